The highest BCUT2D eigenvalue weighted by Gasteiger charge is 2.61. The van der Waals surface area contributed by atoms with E-state index in [1.54, 1.807) is 0 Å². The van der Waals surface area contributed by atoms with Crippen molar-refractivity contribution in [2.75, 3.05) is 6.61 Å². The van der Waals surface area contributed by atoms with Crippen LogP contribution in [0.2, 0.25) is 0 Å². The van der Waals surface area contributed by atoms with E-state index in [-0.39, 0.29) is 30.1 Å². The Hall–Kier alpha value is -1.06. The predicted octanol–water partition coefficient (Wildman–Crippen LogP) is 4.11. The van der Waals surface area contributed by atoms with E-state index in [0.29, 0.717) is 17.3 Å². The number of carbonyl (C=O) groups is 2. The van der Waals surface area contributed by atoms with Crippen LogP contribution in [0.4, 0.5) is 0 Å². The first-order chi connectivity index (χ1) is 11.3. The molecule has 4 heteroatoms. The van der Waals surface area contributed by atoms with Gasteiger partial charge in [-0.25, -0.2) is 4.79 Å². The summed E-state index contributed by atoms with van der Waals surface area (Å²) in [4.78, 5) is 24.2. The monoisotopic (exact) mass is 336 g/mol. The van der Waals surface area contributed by atoms with Gasteiger partial charge in [0.2, 0.25) is 0 Å². The van der Waals surface area contributed by atoms with E-state index in [0.717, 1.165) is 18.8 Å². The lowest BCUT2D eigenvalue weighted by atomic mass is 9.44. The maximum absolute atomic E-state index is 12.4. The molecule has 0 radical (unpaired) electrons. The molecule has 136 valence electrons. The molecule has 0 aromatic carbocycles. The van der Waals surface area contributed by atoms with Crippen molar-refractivity contribution in [3.8, 4) is 0 Å². The van der Waals surface area contributed by atoms with Crippen LogP contribution < -0.4 is 0 Å². The predicted molar refractivity (Wildman–Crippen MR) is 91.2 cm³/mol. The van der Waals surface area contributed by atoms with Crippen LogP contribution in [-0.2, 0) is 19.1 Å². The molecule has 3 atom stereocenters. The molecule has 4 aliphatic rings. The molecule has 3 unspecified atom stereocenters. The molecule has 4 nitrogen and oxygen atoms in total. The van der Waals surface area contributed by atoms with Gasteiger partial charge in [-0.3, -0.25) is 4.79 Å². The van der Waals surface area contributed by atoms with Crippen molar-refractivity contribution in [3.63, 3.8) is 0 Å². The third-order valence-corrected chi connectivity index (χ3v) is 7.08. The first-order valence-electron chi connectivity index (χ1n) is 9.70. The first kappa shape index (κ1) is 17.8. The Labute approximate surface area is 145 Å². The minimum Gasteiger partial charge on any atom is -0.456 e. The molecule has 4 bridgehead atoms. The molecule has 4 saturated carbocycles. The summed E-state index contributed by atoms with van der Waals surface area (Å²) in [5.74, 6) is 0.929. The second-order valence-corrected chi connectivity index (χ2v) is 8.85. The standard InChI is InChI=1S/C20H32O4/c1-5-13(3)18(22)23-12-17(21)24-20(6-2)15-7-14-8-16(20)11-19(4,9-14)10-15/h13-16H,5-12H2,1-4H3. The van der Waals surface area contributed by atoms with Gasteiger partial charge in [0.25, 0.3) is 0 Å². The molecule has 4 fully saturated rings. The zero-order valence-electron chi connectivity index (χ0n) is 15.6. The van der Waals surface area contributed by atoms with Crippen molar-refractivity contribution in [1.82, 2.24) is 0 Å². The Kier molecular flexibility index (Phi) is 4.69. The lowest BCUT2D eigenvalue weighted by Gasteiger charge is -2.63. The number of hydrogen-bond acceptors (Lipinski definition) is 4. The van der Waals surface area contributed by atoms with Gasteiger partial charge in [0.15, 0.2) is 6.61 Å². The number of esters is 2. The zero-order chi connectivity index (χ0) is 17.5. The normalized spacial score (nSPS) is 41.1. The SMILES string of the molecule is CCC(C)C(=O)OCC(=O)OC1(CC)C2CC3CC1CC(C)(C3)C2. The van der Waals surface area contributed by atoms with E-state index in [1.807, 2.05) is 13.8 Å². The van der Waals surface area contributed by atoms with Crippen molar-refractivity contribution >= 4 is 11.9 Å². The minimum atomic E-state index is -0.369. The molecule has 0 N–H and O–H groups in total. The van der Waals surface area contributed by atoms with Gasteiger partial charge in [0.1, 0.15) is 5.60 Å². The molecule has 0 saturated heterocycles. The Morgan fingerprint density at radius 1 is 1.12 bits per heavy atom. The molecule has 0 aromatic heterocycles. The van der Waals surface area contributed by atoms with Gasteiger partial charge in [0.05, 0.1) is 5.92 Å². The zero-order valence-corrected chi connectivity index (χ0v) is 15.6. The number of ether oxygens (including phenoxy) is 2. The molecule has 4 rings (SSSR count). The van der Waals surface area contributed by atoms with Crippen molar-refractivity contribution in [2.45, 2.75) is 78.2 Å². The Balaban J connectivity index is 1.64. The van der Waals surface area contributed by atoms with Gasteiger partial charge < -0.3 is 9.47 Å². The Morgan fingerprint density at radius 2 is 1.75 bits per heavy atom. The smallest absolute Gasteiger partial charge is 0.344 e. The fraction of sp³-hybridized carbons (Fsp3) is 0.900. The molecule has 0 aliphatic heterocycles. The highest BCUT2D eigenvalue weighted by molar-refractivity contribution is 5.77. The molecule has 4 aliphatic carbocycles. The second-order valence-electron chi connectivity index (χ2n) is 8.85. The van der Waals surface area contributed by atoms with Gasteiger partial charge in [-0.1, -0.05) is 27.7 Å². The molecule has 0 amide bonds. The summed E-state index contributed by atoms with van der Waals surface area (Å²) in [6.45, 7) is 8.06. The van der Waals surface area contributed by atoms with Crippen LogP contribution in [0.25, 0.3) is 0 Å². The lowest BCUT2D eigenvalue weighted by Crippen LogP contribution is -2.62. The first-order valence-corrected chi connectivity index (χ1v) is 9.70. The Bertz CT molecular complexity index is 496. The second kappa shape index (κ2) is 6.34. The van der Waals surface area contributed by atoms with Crippen LogP contribution in [0.3, 0.4) is 0 Å². The molecule has 0 aromatic rings. The van der Waals surface area contributed by atoms with E-state index >= 15 is 0 Å². The van der Waals surface area contributed by atoms with E-state index in [4.69, 9.17) is 9.47 Å². The molecular weight excluding hydrogens is 304 g/mol. The average molecular weight is 336 g/mol. The summed E-state index contributed by atoms with van der Waals surface area (Å²) in [6, 6.07) is 0. The van der Waals surface area contributed by atoms with Gasteiger partial charge in [-0.05, 0) is 68.1 Å². The third kappa shape index (κ3) is 2.97. The van der Waals surface area contributed by atoms with Crippen LogP contribution in [-0.4, -0.2) is 24.1 Å². The number of rotatable bonds is 6. The summed E-state index contributed by atoms with van der Waals surface area (Å²) in [6.07, 6.45) is 7.68. The van der Waals surface area contributed by atoms with Crippen LogP contribution >= 0.6 is 0 Å². The fourth-order valence-electron chi connectivity index (χ4n) is 5.95. The number of hydrogen-bond donors (Lipinski definition) is 0. The van der Waals surface area contributed by atoms with Crippen molar-refractivity contribution in [1.29, 1.82) is 0 Å². The maximum atomic E-state index is 12.4. The molecular formula is C20H32O4. The summed E-state index contributed by atoms with van der Waals surface area (Å²) in [5, 5.41) is 0. The van der Waals surface area contributed by atoms with Crippen LogP contribution in [0, 0.1) is 29.1 Å². The Morgan fingerprint density at radius 3 is 2.25 bits per heavy atom. The highest BCUT2D eigenvalue weighted by Crippen LogP contribution is 2.65. The third-order valence-electron chi connectivity index (χ3n) is 7.08. The topological polar surface area (TPSA) is 52.6 Å². The largest absolute Gasteiger partial charge is 0.456 e. The van der Waals surface area contributed by atoms with E-state index in [1.165, 1.54) is 32.1 Å². The summed E-state index contributed by atoms with van der Waals surface area (Å²) in [7, 11) is 0. The summed E-state index contributed by atoms with van der Waals surface area (Å²) >= 11 is 0. The van der Waals surface area contributed by atoms with Crippen LogP contribution in [0.1, 0.15) is 72.6 Å². The van der Waals surface area contributed by atoms with E-state index in [2.05, 4.69) is 13.8 Å². The highest BCUT2D eigenvalue weighted by atomic mass is 16.6. The molecule has 0 heterocycles. The van der Waals surface area contributed by atoms with Gasteiger partial charge in [-0.15, -0.1) is 0 Å². The quantitative estimate of drug-likeness (QED) is 0.685. The van der Waals surface area contributed by atoms with E-state index in [9.17, 15) is 9.59 Å². The summed E-state index contributed by atoms with van der Waals surface area (Å²) < 4.78 is 11.2. The van der Waals surface area contributed by atoms with E-state index < -0.39 is 0 Å². The minimum absolute atomic E-state index is 0.168. The lowest BCUT2D eigenvalue weighted by molar-refractivity contribution is -0.226. The van der Waals surface area contributed by atoms with Crippen molar-refractivity contribution in [3.05, 3.63) is 0 Å². The maximum Gasteiger partial charge on any atom is 0.344 e. The molecule has 0 spiro atoms. The average Bonchev–Trinajstić information content (AvgIpc) is 2.53. The summed E-state index contributed by atoms with van der Waals surface area (Å²) in [5.41, 5.74) is 0.126. The molecule has 24 heavy (non-hydrogen) atoms. The van der Waals surface area contributed by atoms with Crippen molar-refractivity contribution < 1.29 is 19.1 Å². The fourth-order valence-corrected chi connectivity index (χ4v) is 5.95. The van der Waals surface area contributed by atoms with Crippen LogP contribution in [0.5, 0.6) is 0 Å². The van der Waals surface area contributed by atoms with Gasteiger partial charge in [0, 0.05) is 0 Å². The number of carbonyl (C=O) groups excluding carboxylic acids is 2. The van der Waals surface area contributed by atoms with Crippen molar-refractivity contribution in [2.24, 2.45) is 29.1 Å². The van der Waals surface area contributed by atoms with Crippen LogP contribution in [0.15, 0.2) is 0 Å². The van der Waals surface area contributed by atoms with Gasteiger partial charge in [-0.2, -0.15) is 0 Å². The van der Waals surface area contributed by atoms with Gasteiger partial charge >= 0.3 is 11.9 Å².